The van der Waals surface area contributed by atoms with Crippen molar-refractivity contribution < 1.29 is 0 Å². The maximum atomic E-state index is 4.86. The SMILES string of the molecule is CCNC(Cc1cncs1)c1cc(C)c2ccccc2n1. The normalized spacial score (nSPS) is 12.7. The summed E-state index contributed by atoms with van der Waals surface area (Å²) in [6.07, 6.45) is 2.88. The molecular weight excluding hydrogens is 278 g/mol. The highest BCUT2D eigenvalue weighted by Crippen LogP contribution is 2.24. The van der Waals surface area contributed by atoms with E-state index < -0.39 is 0 Å². The predicted octanol–water partition coefficient (Wildman–Crippen LogP) is 3.89. The van der Waals surface area contributed by atoms with Gasteiger partial charge >= 0.3 is 0 Å². The minimum absolute atomic E-state index is 0.235. The first-order valence-electron chi connectivity index (χ1n) is 7.25. The molecule has 3 rings (SSSR count). The van der Waals surface area contributed by atoms with Crippen molar-refractivity contribution in [3.05, 3.63) is 58.2 Å². The van der Waals surface area contributed by atoms with Gasteiger partial charge in [-0.05, 0) is 31.2 Å². The van der Waals surface area contributed by atoms with Crippen LogP contribution in [0.15, 0.2) is 42.0 Å². The largest absolute Gasteiger partial charge is 0.309 e. The summed E-state index contributed by atoms with van der Waals surface area (Å²) < 4.78 is 0. The average molecular weight is 297 g/mol. The molecule has 0 saturated carbocycles. The molecule has 3 aromatic rings. The van der Waals surface area contributed by atoms with E-state index in [4.69, 9.17) is 4.98 Å². The summed E-state index contributed by atoms with van der Waals surface area (Å²) in [5.74, 6) is 0. The summed E-state index contributed by atoms with van der Waals surface area (Å²) in [5, 5.41) is 4.78. The molecule has 1 N–H and O–H groups in total. The lowest BCUT2D eigenvalue weighted by Gasteiger charge is -2.18. The first kappa shape index (κ1) is 14.2. The third kappa shape index (κ3) is 3.12. The Hall–Kier alpha value is -1.78. The van der Waals surface area contributed by atoms with E-state index in [1.54, 1.807) is 11.3 Å². The van der Waals surface area contributed by atoms with Crippen LogP contribution in [0, 0.1) is 6.92 Å². The van der Waals surface area contributed by atoms with Crippen LogP contribution in [0.1, 0.15) is 29.1 Å². The lowest BCUT2D eigenvalue weighted by molar-refractivity contribution is 0.541. The molecule has 0 aliphatic rings. The Bertz CT molecular complexity index is 722. The van der Waals surface area contributed by atoms with Crippen molar-refractivity contribution in [2.45, 2.75) is 26.3 Å². The van der Waals surface area contributed by atoms with E-state index in [2.05, 4.69) is 48.4 Å². The van der Waals surface area contributed by atoms with Crippen LogP contribution >= 0.6 is 11.3 Å². The van der Waals surface area contributed by atoms with E-state index >= 15 is 0 Å². The molecule has 2 heterocycles. The minimum Gasteiger partial charge on any atom is -0.309 e. The minimum atomic E-state index is 0.235. The zero-order valence-corrected chi connectivity index (χ0v) is 13.2. The van der Waals surface area contributed by atoms with Crippen LogP contribution in [0.3, 0.4) is 0 Å². The third-order valence-corrected chi connectivity index (χ3v) is 4.44. The number of hydrogen-bond donors (Lipinski definition) is 1. The molecule has 0 spiro atoms. The molecule has 0 saturated heterocycles. The number of nitrogens with zero attached hydrogens (tertiary/aromatic N) is 2. The van der Waals surface area contributed by atoms with Crippen molar-refractivity contribution in [1.82, 2.24) is 15.3 Å². The summed E-state index contributed by atoms with van der Waals surface area (Å²) in [4.78, 5) is 10.3. The smallest absolute Gasteiger partial charge is 0.0794 e. The van der Waals surface area contributed by atoms with Crippen molar-refractivity contribution >= 4 is 22.2 Å². The highest BCUT2D eigenvalue weighted by Gasteiger charge is 2.15. The van der Waals surface area contributed by atoms with Crippen LogP contribution in [-0.2, 0) is 6.42 Å². The van der Waals surface area contributed by atoms with Gasteiger partial charge in [0.05, 0.1) is 22.8 Å². The van der Waals surface area contributed by atoms with Gasteiger partial charge in [-0.3, -0.25) is 9.97 Å². The van der Waals surface area contributed by atoms with E-state index in [0.717, 1.165) is 24.2 Å². The Morgan fingerprint density at radius 1 is 1.29 bits per heavy atom. The van der Waals surface area contributed by atoms with Crippen molar-refractivity contribution in [2.24, 2.45) is 0 Å². The topological polar surface area (TPSA) is 37.8 Å². The van der Waals surface area contributed by atoms with Gasteiger partial charge in [-0.15, -0.1) is 11.3 Å². The van der Waals surface area contributed by atoms with Crippen molar-refractivity contribution in [2.75, 3.05) is 6.54 Å². The maximum Gasteiger partial charge on any atom is 0.0794 e. The van der Waals surface area contributed by atoms with Gasteiger partial charge in [-0.1, -0.05) is 25.1 Å². The van der Waals surface area contributed by atoms with Crippen LogP contribution < -0.4 is 5.32 Å². The second kappa shape index (κ2) is 6.33. The van der Waals surface area contributed by atoms with Gasteiger partial charge < -0.3 is 5.32 Å². The number of aromatic nitrogens is 2. The number of nitrogens with one attached hydrogen (secondary N) is 1. The standard InChI is InChI=1S/C17H19N3S/c1-3-19-16(9-13-10-18-11-21-13)17-8-12(2)14-6-4-5-7-15(14)20-17/h4-8,10-11,16,19H,3,9H2,1-2H3. The first-order chi connectivity index (χ1) is 10.3. The monoisotopic (exact) mass is 297 g/mol. The predicted molar refractivity (Wildman–Crippen MR) is 88.7 cm³/mol. The van der Waals surface area contributed by atoms with Gasteiger partial charge in [0, 0.05) is 22.9 Å². The number of benzene rings is 1. The molecular formula is C17H19N3S. The quantitative estimate of drug-likeness (QED) is 0.776. The Kier molecular flexibility index (Phi) is 4.27. The fraction of sp³-hybridized carbons (Fsp3) is 0.294. The van der Waals surface area contributed by atoms with Gasteiger partial charge in [0.25, 0.3) is 0 Å². The Balaban J connectivity index is 1.98. The fourth-order valence-corrected chi connectivity index (χ4v) is 3.27. The van der Waals surface area contributed by atoms with E-state index in [1.807, 2.05) is 17.8 Å². The number of thiazole rings is 1. The lowest BCUT2D eigenvalue weighted by Crippen LogP contribution is -2.23. The van der Waals surface area contributed by atoms with Crippen molar-refractivity contribution in [3.8, 4) is 0 Å². The summed E-state index contributed by atoms with van der Waals surface area (Å²) in [5.41, 5.74) is 5.35. The first-order valence-corrected chi connectivity index (χ1v) is 8.13. The highest BCUT2D eigenvalue weighted by molar-refractivity contribution is 7.09. The maximum absolute atomic E-state index is 4.86. The van der Waals surface area contributed by atoms with Crippen LogP contribution in [0.2, 0.25) is 0 Å². The summed E-state index contributed by atoms with van der Waals surface area (Å²) in [6, 6.07) is 10.8. The molecule has 0 aliphatic carbocycles. The molecule has 3 nitrogen and oxygen atoms in total. The van der Waals surface area contributed by atoms with Crippen LogP contribution in [0.5, 0.6) is 0 Å². The van der Waals surface area contributed by atoms with Crippen molar-refractivity contribution in [3.63, 3.8) is 0 Å². The highest BCUT2D eigenvalue weighted by atomic mass is 32.1. The molecule has 21 heavy (non-hydrogen) atoms. The van der Waals surface area contributed by atoms with Gasteiger partial charge in [0.15, 0.2) is 0 Å². The number of hydrogen-bond acceptors (Lipinski definition) is 4. The zero-order valence-electron chi connectivity index (χ0n) is 12.3. The molecule has 1 atom stereocenters. The van der Waals surface area contributed by atoms with Gasteiger partial charge in [-0.25, -0.2) is 0 Å². The van der Waals surface area contributed by atoms with Gasteiger partial charge in [-0.2, -0.15) is 0 Å². The molecule has 0 bridgehead atoms. The molecule has 4 heteroatoms. The van der Waals surface area contributed by atoms with E-state index in [9.17, 15) is 0 Å². The van der Waals surface area contributed by atoms with Crippen LogP contribution in [-0.4, -0.2) is 16.5 Å². The van der Waals surface area contributed by atoms with Crippen LogP contribution in [0.25, 0.3) is 10.9 Å². The number of fused-ring (bicyclic) bond motifs is 1. The van der Waals surface area contributed by atoms with E-state index in [0.29, 0.717) is 0 Å². The number of para-hydroxylation sites is 1. The zero-order chi connectivity index (χ0) is 14.7. The molecule has 1 unspecified atom stereocenters. The number of aryl methyl sites for hydroxylation is 1. The summed E-state index contributed by atoms with van der Waals surface area (Å²) in [6.45, 7) is 5.22. The fourth-order valence-electron chi connectivity index (χ4n) is 2.63. The van der Waals surface area contributed by atoms with Crippen molar-refractivity contribution in [1.29, 1.82) is 0 Å². The van der Waals surface area contributed by atoms with E-state index in [1.165, 1.54) is 15.8 Å². The Morgan fingerprint density at radius 2 is 2.14 bits per heavy atom. The molecule has 1 aromatic carbocycles. The summed E-state index contributed by atoms with van der Waals surface area (Å²) in [7, 11) is 0. The number of rotatable bonds is 5. The lowest BCUT2D eigenvalue weighted by atomic mass is 10.0. The molecule has 0 fully saturated rings. The molecule has 108 valence electrons. The van der Waals surface area contributed by atoms with Gasteiger partial charge in [0.1, 0.15) is 0 Å². The summed E-state index contributed by atoms with van der Waals surface area (Å²) >= 11 is 1.70. The second-order valence-corrected chi connectivity index (χ2v) is 6.13. The van der Waals surface area contributed by atoms with Gasteiger partial charge in [0.2, 0.25) is 0 Å². The molecule has 2 aromatic heterocycles. The van der Waals surface area contributed by atoms with E-state index in [-0.39, 0.29) is 6.04 Å². The average Bonchev–Trinajstić information content (AvgIpc) is 3.00. The second-order valence-electron chi connectivity index (χ2n) is 5.16. The molecule has 0 aliphatic heterocycles. The Labute approximate surface area is 129 Å². The number of likely N-dealkylation sites (N-methyl/N-ethyl adjacent to an activating group) is 1. The van der Waals surface area contributed by atoms with Crippen LogP contribution in [0.4, 0.5) is 0 Å². The Morgan fingerprint density at radius 3 is 2.90 bits per heavy atom. The molecule has 0 radical (unpaired) electrons. The number of pyridine rings is 1. The third-order valence-electron chi connectivity index (χ3n) is 3.64. The molecule has 0 amide bonds.